The third-order valence-corrected chi connectivity index (χ3v) is 6.19. The highest BCUT2D eigenvalue weighted by Crippen LogP contribution is 2.32. The molecule has 0 atom stereocenters. The van der Waals surface area contributed by atoms with Crippen LogP contribution in [0.2, 0.25) is 0 Å². The van der Waals surface area contributed by atoms with Gasteiger partial charge >= 0.3 is 6.09 Å². The number of carbonyl (C=O) groups excluding carboxylic acids is 1. The van der Waals surface area contributed by atoms with Crippen LogP contribution in [0.5, 0.6) is 0 Å². The van der Waals surface area contributed by atoms with Crippen LogP contribution in [0.25, 0.3) is 22.6 Å². The quantitative estimate of drug-likeness (QED) is 0.591. The van der Waals surface area contributed by atoms with Crippen molar-refractivity contribution >= 4 is 26.9 Å². The van der Waals surface area contributed by atoms with Gasteiger partial charge in [0.15, 0.2) is 21.4 Å². The number of hydrogen-bond acceptors (Lipinski definition) is 8. The van der Waals surface area contributed by atoms with Crippen LogP contribution in [-0.4, -0.2) is 54.5 Å². The van der Waals surface area contributed by atoms with Gasteiger partial charge in [0.1, 0.15) is 11.2 Å². The highest BCUT2D eigenvalue weighted by Gasteiger charge is 2.30. The SMILES string of the molecule is CC(C)(C)OC(=O)N1CCC(c2noc(-c3cc4cc(S(C)(=O)=O)ccc4o3)n2)CC1. The van der Waals surface area contributed by atoms with Crippen LogP contribution in [0.15, 0.2) is 38.1 Å². The van der Waals surface area contributed by atoms with Crippen LogP contribution in [0.3, 0.4) is 0 Å². The van der Waals surface area contributed by atoms with Crippen molar-refractivity contribution < 1.29 is 26.9 Å². The van der Waals surface area contributed by atoms with Gasteiger partial charge in [0.25, 0.3) is 5.89 Å². The summed E-state index contributed by atoms with van der Waals surface area (Å²) in [6.07, 6.45) is 2.26. The lowest BCUT2D eigenvalue weighted by molar-refractivity contribution is 0.0202. The van der Waals surface area contributed by atoms with E-state index in [-0.39, 0.29) is 22.8 Å². The minimum Gasteiger partial charge on any atom is -0.451 e. The Morgan fingerprint density at radius 2 is 1.90 bits per heavy atom. The van der Waals surface area contributed by atoms with E-state index < -0.39 is 15.4 Å². The predicted octanol–water partition coefficient (Wildman–Crippen LogP) is 4.00. The highest BCUT2D eigenvalue weighted by atomic mass is 32.2. The largest absolute Gasteiger partial charge is 0.451 e. The van der Waals surface area contributed by atoms with E-state index in [1.54, 1.807) is 23.1 Å². The zero-order valence-corrected chi connectivity index (χ0v) is 18.7. The molecule has 1 aromatic carbocycles. The third kappa shape index (κ3) is 4.73. The number of amides is 1. The Balaban J connectivity index is 1.46. The summed E-state index contributed by atoms with van der Waals surface area (Å²) in [6, 6.07) is 6.36. The summed E-state index contributed by atoms with van der Waals surface area (Å²) in [5.74, 6) is 1.25. The van der Waals surface area contributed by atoms with Crippen LogP contribution in [0, 0.1) is 0 Å². The van der Waals surface area contributed by atoms with Gasteiger partial charge in [-0.15, -0.1) is 0 Å². The maximum absolute atomic E-state index is 12.2. The van der Waals surface area contributed by atoms with Gasteiger partial charge in [0.2, 0.25) is 0 Å². The Morgan fingerprint density at radius 3 is 2.55 bits per heavy atom. The molecule has 1 fully saturated rings. The summed E-state index contributed by atoms with van der Waals surface area (Å²) >= 11 is 0. The molecule has 0 bridgehead atoms. The standard InChI is InChI=1S/C21H25N3O6S/c1-21(2,3)29-20(25)24-9-7-13(8-10-24)18-22-19(30-23-18)17-12-14-11-15(31(4,26)27)5-6-16(14)28-17/h5-6,11-13H,7-10H2,1-4H3. The Kier molecular flexibility index (Phi) is 5.28. The van der Waals surface area contributed by atoms with Crippen molar-refractivity contribution in [1.29, 1.82) is 0 Å². The summed E-state index contributed by atoms with van der Waals surface area (Å²) in [4.78, 5) is 18.6. The summed E-state index contributed by atoms with van der Waals surface area (Å²) in [7, 11) is -3.31. The molecule has 10 heteroatoms. The van der Waals surface area contributed by atoms with Crippen LogP contribution < -0.4 is 0 Å². The molecular formula is C21H25N3O6S. The predicted molar refractivity (Wildman–Crippen MR) is 112 cm³/mol. The van der Waals surface area contributed by atoms with E-state index in [2.05, 4.69) is 10.1 Å². The molecular weight excluding hydrogens is 422 g/mol. The Hall–Kier alpha value is -2.88. The molecule has 0 spiro atoms. The van der Waals surface area contributed by atoms with Gasteiger partial charge in [-0.05, 0) is 57.9 Å². The maximum atomic E-state index is 12.2. The molecule has 3 heterocycles. The molecule has 1 saturated heterocycles. The van der Waals surface area contributed by atoms with Crippen molar-refractivity contribution in [2.45, 2.75) is 50.0 Å². The number of carbonyl (C=O) groups is 1. The maximum Gasteiger partial charge on any atom is 0.410 e. The summed E-state index contributed by atoms with van der Waals surface area (Å²) in [6.45, 7) is 6.65. The van der Waals surface area contributed by atoms with Gasteiger partial charge in [0, 0.05) is 30.6 Å². The van der Waals surface area contributed by atoms with Crippen LogP contribution in [0.1, 0.15) is 45.4 Å². The van der Waals surface area contributed by atoms with Gasteiger partial charge in [-0.3, -0.25) is 0 Å². The lowest BCUT2D eigenvalue weighted by atomic mass is 9.96. The first-order valence-electron chi connectivity index (χ1n) is 10.1. The molecule has 2 aromatic heterocycles. The van der Waals surface area contributed by atoms with Gasteiger partial charge in [-0.2, -0.15) is 4.98 Å². The molecule has 9 nitrogen and oxygen atoms in total. The molecule has 4 rings (SSSR count). The number of aromatic nitrogens is 2. The fourth-order valence-corrected chi connectivity index (χ4v) is 4.16. The van der Waals surface area contributed by atoms with Crippen LogP contribution in [0.4, 0.5) is 4.79 Å². The van der Waals surface area contributed by atoms with Gasteiger partial charge in [-0.25, -0.2) is 13.2 Å². The second-order valence-electron chi connectivity index (χ2n) is 8.78. The minimum atomic E-state index is -3.31. The average molecular weight is 448 g/mol. The van der Waals surface area contributed by atoms with Crippen LogP contribution >= 0.6 is 0 Å². The molecule has 0 N–H and O–H groups in total. The molecule has 166 valence electrons. The second kappa shape index (κ2) is 7.67. The van der Waals surface area contributed by atoms with Crippen molar-refractivity contribution in [1.82, 2.24) is 15.0 Å². The number of nitrogens with zero attached hydrogens (tertiary/aromatic N) is 3. The molecule has 0 aliphatic carbocycles. The number of likely N-dealkylation sites (tertiary alicyclic amines) is 1. The first kappa shape index (κ1) is 21.4. The lowest BCUT2D eigenvalue weighted by Crippen LogP contribution is -2.41. The first-order chi connectivity index (χ1) is 14.5. The number of furan rings is 1. The molecule has 1 amide bonds. The van der Waals surface area contributed by atoms with E-state index in [4.69, 9.17) is 13.7 Å². The molecule has 0 unspecified atom stereocenters. The van der Waals surface area contributed by atoms with Gasteiger partial charge < -0.3 is 18.6 Å². The number of piperidine rings is 1. The van der Waals surface area contributed by atoms with Gasteiger partial charge in [0.05, 0.1) is 4.90 Å². The average Bonchev–Trinajstić information content (AvgIpc) is 3.32. The zero-order chi connectivity index (χ0) is 22.4. The highest BCUT2D eigenvalue weighted by molar-refractivity contribution is 7.90. The summed E-state index contributed by atoms with van der Waals surface area (Å²) in [5, 5.41) is 4.74. The molecule has 31 heavy (non-hydrogen) atoms. The number of rotatable bonds is 3. The lowest BCUT2D eigenvalue weighted by Gasteiger charge is -2.32. The molecule has 1 aliphatic heterocycles. The summed E-state index contributed by atoms with van der Waals surface area (Å²) in [5.41, 5.74) is 0.0124. The van der Waals surface area contributed by atoms with Crippen molar-refractivity contribution in [2.24, 2.45) is 0 Å². The third-order valence-electron chi connectivity index (χ3n) is 5.08. The van der Waals surface area contributed by atoms with Crippen molar-refractivity contribution in [3.05, 3.63) is 30.1 Å². The molecule has 1 aliphatic rings. The molecule has 0 radical (unpaired) electrons. The molecule has 3 aromatic rings. The first-order valence-corrected chi connectivity index (χ1v) is 11.9. The number of benzene rings is 1. The monoisotopic (exact) mass is 447 g/mol. The zero-order valence-electron chi connectivity index (χ0n) is 17.9. The van der Waals surface area contributed by atoms with Crippen molar-refractivity contribution in [3.63, 3.8) is 0 Å². The topological polar surface area (TPSA) is 116 Å². The van der Waals surface area contributed by atoms with E-state index in [1.807, 2.05) is 20.8 Å². The number of fused-ring (bicyclic) bond motifs is 1. The van der Waals surface area contributed by atoms with Crippen molar-refractivity contribution in [2.75, 3.05) is 19.3 Å². The van der Waals surface area contributed by atoms with E-state index >= 15 is 0 Å². The smallest absolute Gasteiger partial charge is 0.410 e. The fraction of sp³-hybridized carbons (Fsp3) is 0.476. The molecule has 0 saturated carbocycles. The Morgan fingerprint density at radius 1 is 1.19 bits per heavy atom. The van der Waals surface area contributed by atoms with Crippen LogP contribution in [-0.2, 0) is 14.6 Å². The normalized spacial score (nSPS) is 16.1. The fourth-order valence-electron chi connectivity index (χ4n) is 3.50. The van der Waals surface area contributed by atoms with E-state index in [1.165, 1.54) is 6.07 Å². The number of ether oxygens (including phenoxy) is 1. The minimum absolute atomic E-state index is 0.0670. The van der Waals surface area contributed by atoms with Crippen molar-refractivity contribution in [3.8, 4) is 11.7 Å². The number of hydrogen-bond donors (Lipinski definition) is 0. The van der Waals surface area contributed by atoms with E-state index in [0.29, 0.717) is 48.5 Å². The van der Waals surface area contributed by atoms with Gasteiger partial charge in [-0.1, -0.05) is 5.16 Å². The Bertz CT molecular complexity index is 1210. The number of sulfone groups is 1. The van der Waals surface area contributed by atoms with E-state index in [9.17, 15) is 13.2 Å². The second-order valence-corrected chi connectivity index (χ2v) is 10.8. The van der Waals surface area contributed by atoms with E-state index in [0.717, 1.165) is 6.26 Å². The Labute approximate surface area is 180 Å². The summed E-state index contributed by atoms with van der Waals surface area (Å²) < 4.78 is 40.1.